The fourth-order valence-electron chi connectivity index (χ4n) is 3.69. The number of benzene rings is 2. The topological polar surface area (TPSA) is 58.6 Å². The molecule has 2 aromatic carbocycles. The predicted octanol–water partition coefficient (Wildman–Crippen LogP) is 2.62. The number of ether oxygens (including phenoxy) is 1. The molecule has 0 spiro atoms. The van der Waals surface area contributed by atoms with E-state index < -0.39 is 0 Å². The van der Waals surface area contributed by atoms with E-state index in [0.29, 0.717) is 13.1 Å². The standard InChI is InChI=1S/C22H26N2O3/c1-23-21(25)14-19-20(17-8-10-18(27-2)11-9-17)15-24(22(19)26)13-12-16-6-4-3-5-7-16/h3-11,19-20H,12-15H2,1-2H3,(H,23,25)/t19-,20-/m1/s1. The molecule has 0 unspecified atom stereocenters. The molecule has 2 amide bonds. The van der Waals surface area contributed by atoms with Crippen LogP contribution in [-0.4, -0.2) is 44.0 Å². The van der Waals surface area contributed by atoms with E-state index in [-0.39, 0.29) is 30.1 Å². The van der Waals surface area contributed by atoms with Crippen LogP contribution in [0.25, 0.3) is 0 Å². The molecule has 27 heavy (non-hydrogen) atoms. The maximum Gasteiger partial charge on any atom is 0.226 e. The Kier molecular flexibility index (Phi) is 6.12. The van der Waals surface area contributed by atoms with E-state index >= 15 is 0 Å². The van der Waals surface area contributed by atoms with Crippen molar-refractivity contribution in [3.63, 3.8) is 0 Å². The summed E-state index contributed by atoms with van der Waals surface area (Å²) >= 11 is 0. The number of nitrogens with one attached hydrogen (secondary N) is 1. The molecule has 1 N–H and O–H groups in total. The lowest BCUT2D eigenvalue weighted by Crippen LogP contribution is -2.31. The zero-order valence-electron chi connectivity index (χ0n) is 15.9. The van der Waals surface area contributed by atoms with Gasteiger partial charge in [-0.05, 0) is 29.7 Å². The second-order valence-electron chi connectivity index (χ2n) is 6.88. The quantitative estimate of drug-likeness (QED) is 0.819. The van der Waals surface area contributed by atoms with E-state index in [1.165, 1.54) is 5.56 Å². The maximum absolute atomic E-state index is 13.0. The van der Waals surface area contributed by atoms with Gasteiger partial charge in [0.05, 0.1) is 13.0 Å². The van der Waals surface area contributed by atoms with Gasteiger partial charge in [-0.2, -0.15) is 0 Å². The highest BCUT2D eigenvalue weighted by atomic mass is 16.5. The van der Waals surface area contributed by atoms with Crippen LogP contribution in [0.5, 0.6) is 5.75 Å². The second kappa shape index (κ2) is 8.71. The molecule has 0 bridgehead atoms. The van der Waals surface area contributed by atoms with Crippen LogP contribution in [0.2, 0.25) is 0 Å². The summed E-state index contributed by atoms with van der Waals surface area (Å²) in [5, 5.41) is 2.65. The van der Waals surface area contributed by atoms with Gasteiger partial charge < -0.3 is 15.0 Å². The lowest BCUT2D eigenvalue weighted by molar-refractivity contribution is -0.134. The summed E-state index contributed by atoms with van der Waals surface area (Å²) in [4.78, 5) is 26.9. The SMILES string of the molecule is CNC(=O)C[C@H]1C(=O)N(CCc2ccccc2)C[C@@H]1c1ccc(OC)cc1. The van der Waals surface area contributed by atoms with Crippen molar-refractivity contribution in [1.29, 1.82) is 0 Å². The Labute approximate surface area is 160 Å². The fourth-order valence-corrected chi connectivity index (χ4v) is 3.69. The molecule has 5 heteroatoms. The summed E-state index contributed by atoms with van der Waals surface area (Å²) in [5.74, 6) is 0.435. The highest BCUT2D eigenvalue weighted by molar-refractivity contribution is 5.88. The monoisotopic (exact) mass is 366 g/mol. The van der Waals surface area contributed by atoms with Gasteiger partial charge in [0, 0.05) is 32.5 Å². The molecule has 2 atom stereocenters. The van der Waals surface area contributed by atoms with Crippen LogP contribution in [0, 0.1) is 5.92 Å². The van der Waals surface area contributed by atoms with E-state index in [0.717, 1.165) is 17.7 Å². The van der Waals surface area contributed by atoms with Crippen molar-refractivity contribution < 1.29 is 14.3 Å². The Morgan fingerprint density at radius 1 is 1.15 bits per heavy atom. The van der Waals surface area contributed by atoms with Crippen LogP contribution < -0.4 is 10.1 Å². The first-order valence-electron chi connectivity index (χ1n) is 9.29. The Morgan fingerprint density at radius 2 is 1.85 bits per heavy atom. The van der Waals surface area contributed by atoms with Gasteiger partial charge in [0.2, 0.25) is 11.8 Å². The number of hydrogen-bond acceptors (Lipinski definition) is 3. The zero-order valence-corrected chi connectivity index (χ0v) is 15.9. The van der Waals surface area contributed by atoms with Crippen LogP contribution >= 0.6 is 0 Å². The van der Waals surface area contributed by atoms with Crippen LogP contribution in [0.15, 0.2) is 54.6 Å². The van der Waals surface area contributed by atoms with E-state index in [1.807, 2.05) is 47.4 Å². The molecule has 0 saturated carbocycles. The smallest absolute Gasteiger partial charge is 0.226 e. The summed E-state index contributed by atoms with van der Waals surface area (Å²) in [7, 11) is 3.24. The first kappa shape index (κ1) is 19.0. The van der Waals surface area contributed by atoms with Crippen molar-refractivity contribution in [2.45, 2.75) is 18.8 Å². The van der Waals surface area contributed by atoms with Gasteiger partial charge in [-0.25, -0.2) is 0 Å². The molecule has 1 aliphatic heterocycles. The molecule has 142 valence electrons. The number of likely N-dealkylation sites (tertiary alicyclic amines) is 1. The number of carbonyl (C=O) groups excluding carboxylic acids is 2. The van der Waals surface area contributed by atoms with Gasteiger partial charge in [-0.3, -0.25) is 9.59 Å². The molecule has 1 aliphatic rings. The van der Waals surface area contributed by atoms with Gasteiger partial charge in [-0.1, -0.05) is 42.5 Å². The highest BCUT2D eigenvalue weighted by Gasteiger charge is 2.41. The fraction of sp³-hybridized carbons (Fsp3) is 0.364. The Morgan fingerprint density at radius 3 is 2.48 bits per heavy atom. The van der Waals surface area contributed by atoms with Gasteiger partial charge in [0.25, 0.3) is 0 Å². The highest BCUT2D eigenvalue weighted by Crippen LogP contribution is 2.36. The van der Waals surface area contributed by atoms with Gasteiger partial charge in [0.1, 0.15) is 5.75 Å². The number of carbonyl (C=O) groups is 2. The summed E-state index contributed by atoms with van der Waals surface area (Å²) < 4.78 is 5.23. The molecular formula is C22H26N2O3. The molecule has 2 aromatic rings. The Bertz CT molecular complexity index is 774. The van der Waals surface area contributed by atoms with Crippen molar-refractivity contribution in [1.82, 2.24) is 10.2 Å². The third-order valence-corrected chi connectivity index (χ3v) is 5.27. The minimum Gasteiger partial charge on any atom is -0.497 e. The van der Waals surface area contributed by atoms with E-state index in [2.05, 4.69) is 17.4 Å². The van der Waals surface area contributed by atoms with Crippen molar-refractivity contribution in [2.75, 3.05) is 27.2 Å². The lowest BCUT2D eigenvalue weighted by Gasteiger charge is -2.17. The van der Waals surface area contributed by atoms with Crippen molar-refractivity contribution in [3.05, 3.63) is 65.7 Å². The number of nitrogens with zero attached hydrogens (tertiary/aromatic N) is 1. The summed E-state index contributed by atoms with van der Waals surface area (Å²) in [6.07, 6.45) is 1.03. The Balaban J connectivity index is 1.76. The predicted molar refractivity (Wildman–Crippen MR) is 105 cm³/mol. The second-order valence-corrected chi connectivity index (χ2v) is 6.88. The number of amides is 2. The summed E-state index contributed by atoms with van der Waals surface area (Å²) in [6.45, 7) is 1.30. The molecule has 0 radical (unpaired) electrons. The molecule has 3 rings (SSSR count). The lowest BCUT2D eigenvalue weighted by atomic mass is 9.86. The van der Waals surface area contributed by atoms with Crippen molar-refractivity contribution in [3.8, 4) is 5.75 Å². The first-order valence-corrected chi connectivity index (χ1v) is 9.29. The molecule has 1 fully saturated rings. The minimum atomic E-state index is -0.325. The third kappa shape index (κ3) is 4.48. The van der Waals surface area contributed by atoms with Crippen molar-refractivity contribution >= 4 is 11.8 Å². The van der Waals surface area contributed by atoms with Crippen LogP contribution in [0.1, 0.15) is 23.5 Å². The van der Waals surface area contributed by atoms with E-state index in [9.17, 15) is 9.59 Å². The van der Waals surface area contributed by atoms with Gasteiger partial charge in [0.15, 0.2) is 0 Å². The van der Waals surface area contributed by atoms with E-state index in [1.54, 1.807) is 14.2 Å². The van der Waals surface area contributed by atoms with Gasteiger partial charge in [-0.15, -0.1) is 0 Å². The molecule has 0 aromatic heterocycles. The number of rotatable bonds is 7. The van der Waals surface area contributed by atoms with Gasteiger partial charge >= 0.3 is 0 Å². The Hall–Kier alpha value is -2.82. The average molecular weight is 366 g/mol. The molecular weight excluding hydrogens is 340 g/mol. The normalized spacial score (nSPS) is 19.2. The van der Waals surface area contributed by atoms with E-state index in [4.69, 9.17) is 4.74 Å². The van der Waals surface area contributed by atoms with Crippen LogP contribution in [0.4, 0.5) is 0 Å². The first-order chi connectivity index (χ1) is 13.1. The number of methoxy groups -OCH3 is 1. The van der Waals surface area contributed by atoms with Crippen LogP contribution in [-0.2, 0) is 16.0 Å². The summed E-state index contributed by atoms with van der Waals surface area (Å²) in [5.41, 5.74) is 2.28. The third-order valence-electron chi connectivity index (χ3n) is 5.27. The molecule has 5 nitrogen and oxygen atoms in total. The maximum atomic E-state index is 13.0. The zero-order chi connectivity index (χ0) is 19.2. The molecule has 1 heterocycles. The van der Waals surface area contributed by atoms with Crippen molar-refractivity contribution in [2.24, 2.45) is 5.92 Å². The van der Waals surface area contributed by atoms with Crippen LogP contribution in [0.3, 0.4) is 0 Å². The molecule has 1 saturated heterocycles. The largest absolute Gasteiger partial charge is 0.497 e. The average Bonchev–Trinajstić information content (AvgIpc) is 3.02. The molecule has 0 aliphatic carbocycles. The number of hydrogen-bond donors (Lipinski definition) is 1. The summed E-state index contributed by atoms with van der Waals surface area (Å²) in [6, 6.07) is 18.0. The minimum absolute atomic E-state index is 0.0106.